The molecule has 0 amide bonds. The van der Waals surface area contributed by atoms with Gasteiger partial charge in [0.15, 0.2) is 0 Å². The van der Waals surface area contributed by atoms with Gasteiger partial charge in [-0.3, -0.25) is 4.90 Å². The molecule has 0 aromatic carbocycles. The largest absolute Gasteiger partial charge is 0.468 e. The lowest BCUT2D eigenvalue weighted by Gasteiger charge is -2.22. The van der Waals surface area contributed by atoms with Crippen LogP contribution in [-0.2, 0) is 6.54 Å². The molecule has 0 aliphatic carbocycles. The van der Waals surface area contributed by atoms with Crippen LogP contribution in [-0.4, -0.2) is 24.0 Å². The lowest BCUT2D eigenvalue weighted by atomic mass is 10.1. The quantitative estimate of drug-likeness (QED) is 0.750. The molecule has 15 heavy (non-hydrogen) atoms. The monoisotopic (exact) mass is 210 g/mol. The maximum Gasteiger partial charge on any atom is 0.117 e. The Morgan fingerprint density at radius 3 is 2.80 bits per heavy atom. The highest BCUT2D eigenvalue weighted by molar-refractivity contribution is 4.97. The van der Waals surface area contributed by atoms with Crippen LogP contribution in [0.15, 0.2) is 22.8 Å². The van der Waals surface area contributed by atoms with Crippen molar-refractivity contribution in [3.63, 3.8) is 0 Å². The van der Waals surface area contributed by atoms with E-state index in [2.05, 4.69) is 18.7 Å². The van der Waals surface area contributed by atoms with Crippen molar-refractivity contribution in [2.45, 2.75) is 39.3 Å². The van der Waals surface area contributed by atoms with Gasteiger partial charge in [-0.1, -0.05) is 20.3 Å². The fourth-order valence-corrected chi connectivity index (χ4v) is 1.72. The summed E-state index contributed by atoms with van der Waals surface area (Å²) in [5, 5.41) is 0. The Hall–Kier alpha value is -0.800. The number of hydrogen-bond acceptors (Lipinski definition) is 3. The van der Waals surface area contributed by atoms with Gasteiger partial charge in [0.2, 0.25) is 0 Å². The summed E-state index contributed by atoms with van der Waals surface area (Å²) in [7, 11) is 0. The van der Waals surface area contributed by atoms with E-state index in [0.29, 0.717) is 0 Å². The lowest BCUT2D eigenvalue weighted by molar-refractivity contribution is 0.237. The van der Waals surface area contributed by atoms with Gasteiger partial charge in [0.25, 0.3) is 0 Å². The van der Waals surface area contributed by atoms with Crippen LogP contribution in [0.3, 0.4) is 0 Å². The zero-order valence-corrected chi connectivity index (χ0v) is 9.78. The summed E-state index contributed by atoms with van der Waals surface area (Å²) in [6, 6.07) is 4.22. The first-order valence-corrected chi connectivity index (χ1v) is 5.76. The van der Waals surface area contributed by atoms with Crippen LogP contribution in [0.2, 0.25) is 0 Å². The third-order valence-electron chi connectivity index (χ3n) is 2.56. The first-order valence-electron chi connectivity index (χ1n) is 5.76. The van der Waals surface area contributed by atoms with E-state index >= 15 is 0 Å². The molecule has 0 aliphatic heterocycles. The van der Waals surface area contributed by atoms with Crippen LogP contribution >= 0.6 is 0 Å². The van der Waals surface area contributed by atoms with E-state index in [1.54, 1.807) is 6.26 Å². The van der Waals surface area contributed by atoms with E-state index in [4.69, 9.17) is 10.2 Å². The standard InChI is InChI=1S/C12H22N2O/c1-3-6-11(13)9-14(4-2)10-12-7-5-8-15-12/h5,7-8,11H,3-4,6,9-10,13H2,1-2H3. The number of furan rings is 1. The average Bonchev–Trinajstić information content (AvgIpc) is 2.70. The van der Waals surface area contributed by atoms with E-state index < -0.39 is 0 Å². The van der Waals surface area contributed by atoms with Gasteiger partial charge in [-0.2, -0.15) is 0 Å². The molecule has 3 nitrogen and oxygen atoms in total. The SMILES string of the molecule is CCCC(N)CN(CC)Cc1ccco1. The fourth-order valence-electron chi connectivity index (χ4n) is 1.72. The van der Waals surface area contributed by atoms with Crippen LogP contribution < -0.4 is 5.73 Å². The lowest BCUT2D eigenvalue weighted by Crippen LogP contribution is -2.36. The van der Waals surface area contributed by atoms with E-state index in [1.165, 1.54) is 0 Å². The second-order valence-electron chi connectivity index (χ2n) is 3.96. The van der Waals surface area contributed by atoms with Crippen molar-refractivity contribution in [1.82, 2.24) is 4.90 Å². The molecular formula is C12H22N2O. The smallest absolute Gasteiger partial charge is 0.117 e. The van der Waals surface area contributed by atoms with Gasteiger partial charge in [0.05, 0.1) is 12.8 Å². The minimum Gasteiger partial charge on any atom is -0.468 e. The second-order valence-corrected chi connectivity index (χ2v) is 3.96. The number of likely N-dealkylation sites (N-methyl/N-ethyl adjacent to an activating group) is 1. The Bertz CT molecular complexity index is 246. The Morgan fingerprint density at radius 1 is 1.47 bits per heavy atom. The summed E-state index contributed by atoms with van der Waals surface area (Å²) in [5.41, 5.74) is 6.02. The predicted molar refractivity (Wildman–Crippen MR) is 62.5 cm³/mol. The molecule has 1 atom stereocenters. The number of rotatable bonds is 7. The van der Waals surface area contributed by atoms with Crippen molar-refractivity contribution in [2.75, 3.05) is 13.1 Å². The van der Waals surface area contributed by atoms with Crippen molar-refractivity contribution in [3.05, 3.63) is 24.2 Å². The highest BCUT2D eigenvalue weighted by Crippen LogP contribution is 2.06. The van der Waals surface area contributed by atoms with E-state index in [0.717, 1.165) is 38.2 Å². The van der Waals surface area contributed by atoms with E-state index in [-0.39, 0.29) is 6.04 Å². The van der Waals surface area contributed by atoms with Crippen LogP contribution in [0.4, 0.5) is 0 Å². The molecule has 1 unspecified atom stereocenters. The Morgan fingerprint density at radius 2 is 2.27 bits per heavy atom. The number of hydrogen-bond donors (Lipinski definition) is 1. The van der Waals surface area contributed by atoms with Crippen LogP contribution in [0.5, 0.6) is 0 Å². The molecule has 0 saturated heterocycles. The first-order chi connectivity index (χ1) is 7.26. The molecule has 0 spiro atoms. The minimum atomic E-state index is 0.282. The van der Waals surface area contributed by atoms with Gasteiger partial charge >= 0.3 is 0 Å². The summed E-state index contributed by atoms with van der Waals surface area (Å²) in [5.74, 6) is 1.01. The van der Waals surface area contributed by atoms with Gasteiger partial charge in [0, 0.05) is 12.6 Å². The Labute approximate surface area is 92.2 Å². The summed E-state index contributed by atoms with van der Waals surface area (Å²) in [4.78, 5) is 2.32. The molecule has 2 N–H and O–H groups in total. The summed E-state index contributed by atoms with van der Waals surface area (Å²) >= 11 is 0. The maximum absolute atomic E-state index is 6.02. The van der Waals surface area contributed by atoms with Gasteiger partial charge < -0.3 is 10.2 Å². The van der Waals surface area contributed by atoms with Gasteiger partial charge in [-0.05, 0) is 25.1 Å². The van der Waals surface area contributed by atoms with Crippen molar-refractivity contribution in [3.8, 4) is 0 Å². The summed E-state index contributed by atoms with van der Waals surface area (Å²) in [6.45, 7) is 7.15. The normalized spacial score (nSPS) is 13.3. The number of nitrogens with two attached hydrogens (primary N) is 1. The fraction of sp³-hybridized carbons (Fsp3) is 0.667. The first kappa shape index (κ1) is 12.3. The highest BCUT2D eigenvalue weighted by atomic mass is 16.3. The zero-order chi connectivity index (χ0) is 11.1. The second kappa shape index (κ2) is 6.64. The third kappa shape index (κ3) is 4.49. The Balaban J connectivity index is 2.35. The summed E-state index contributed by atoms with van der Waals surface area (Å²) in [6.07, 6.45) is 3.96. The molecule has 1 aromatic rings. The molecule has 0 bridgehead atoms. The molecule has 0 aliphatic rings. The molecule has 3 heteroatoms. The maximum atomic E-state index is 6.02. The molecule has 86 valence electrons. The molecular weight excluding hydrogens is 188 g/mol. The number of nitrogens with zero attached hydrogens (tertiary/aromatic N) is 1. The zero-order valence-electron chi connectivity index (χ0n) is 9.78. The van der Waals surface area contributed by atoms with Crippen molar-refractivity contribution >= 4 is 0 Å². The molecule has 1 heterocycles. The topological polar surface area (TPSA) is 42.4 Å². The Kier molecular flexibility index (Phi) is 5.43. The van der Waals surface area contributed by atoms with Crippen LogP contribution in [0, 0.1) is 0 Å². The van der Waals surface area contributed by atoms with E-state index in [1.807, 2.05) is 12.1 Å². The third-order valence-corrected chi connectivity index (χ3v) is 2.56. The van der Waals surface area contributed by atoms with Crippen molar-refractivity contribution in [1.29, 1.82) is 0 Å². The van der Waals surface area contributed by atoms with E-state index in [9.17, 15) is 0 Å². The van der Waals surface area contributed by atoms with Gasteiger partial charge in [0.1, 0.15) is 5.76 Å². The van der Waals surface area contributed by atoms with Crippen LogP contribution in [0.1, 0.15) is 32.4 Å². The molecule has 0 saturated carbocycles. The molecule has 1 aromatic heterocycles. The average molecular weight is 210 g/mol. The van der Waals surface area contributed by atoms with Crippen molar-refractivity contribution in [2.24, 2.45) is 5.73 Å². The van der Waals surface area contributed by atoms with Crippen molar-refractivity contribution < 1.29 is 4.42 Å². The van der Waals surface area contributed by atoms with Gasteiger partial charge in [-0.25, -0.2) is 0 Å². The minimum absolute atomic E-state index is 0.282. The predicted octanol–water partition coefficient (Wildman–Crippen LogP) is 2.23. The molecule has 1 rings (SSSR count). The highest BCUT2D eigenvalue weighted by Gasteiger charge is 2.09. The van der Waals surface area contributed by atoms with Crippen LogP contribution in [0.25, 0.3) is 0 Å². The summed E-state index contributed by atoms with van der Waals surface area (Å²) < 4.78 is 5.32. The van der Waals surface area contributed by atoms with Gasteiger partial charge in [-0.15, -0.1) is 0 Å². The molecule has 0 radical (unpaired) electrons. The molecule has 0 fully saturated rings.